The molecule has 0 aliphatic heterocycles. The van der Waals surface area contributed by atoms with Gasteiger partial charge in [0.1, 0.15) is 11.4 Å². The molecule has 1 N–H and O–H groups in total. The molecule has 0 saturated heterocycles. The summed E-state index contributed by atoms with van der Waals surface area (Å²) in [5, 5.41) is 2.88. The SMILES string of the molecule is Cc1ccc(OCC(=O)Nc2cccc(-c3cn4ccc(C)cc4n3)c2)cc1. The van der Waals surface area contributed by atoms with Crippen LogP contribution in [0.25, 0.3) is 16.9 Å². The molecule has 0 saturated carbocycles. The van der Waals surface area contributed by atoms with Crippen molar-refractivity contribution in [3.05, 3.63) is 84.2 Å². The van der Waals surface area contributed by atoms with Crippen LogP contribution in [0.3, 0.4) is 0 Å². The molecule has 2 heterocycles. The van der Waals surface area contributed by atoms with Crippen molar-refractivity contribution in [1.29, 1.82) is 0 Å². The van der Waals surface area contributed by atoms with Gasteiger partial charge in [-0.2, -0.15) is 0 Å². The van der Waals surface area contributed by atoms with Gasteiger partial charge < -0.3 is 14.5 Å². The van der Waals surface area contributed by atoms with Gasteiger partial charge in [-0.1, -0.05) is 29.8 Å². The molecule has 0 aliphatic carbocycles. The fourth-order valence-electron chi connectivity index (χ4n) is 2.96. The summed E-state index contributed by atoms with van der Waals surface area (Å²) in [6.45, 7) is 4.01. The summed E-state index contributed by atoms with van der Waals surface area (Å²) in [5.74, 6) is 0.470. The number of aromatic nitrogens is 2. The number of rotatable bonds is 5. The Morgan fingerprint density at radius 3 is 2.68 bits per heavy atom. The summed E-state index contributed by atoms with van der Waals surface area (Å²) in [6, 6.07) is 19.4. The van der Waals surface area contributed by atoms with Crippen molar-refractivity contribution in [3.63, 3.8) is 0 Å². The van der Waals surface area contributed by atoms with Crippen molar-refractivity contribution in [3.8, 4) is 17.0 Å². The van der Waals surface area contributed by atoms with Crippen LogP contribution in [0.4, 0.5) is 5.69 Å². The van der Waals surface area contributed by atoms with Gasteiger partial charge in [0.15, 0.2) is 6.61 Å². The van der Waals surface area contributed by atoms with E-state index in [1.165, 1.54) is 5.56 Å². The van der Waals surface area contributed by atoms with Gasteiger partial charge in [0.05, 0.1) is 5.69 Å². The first-order valence-electron chi connectivity index (χ1n) is 9.12. The second-order valence-electron chi connectivity index (χ2n) is 6.83. The lowest BCUT2D eigenvalue weighted by Gasteiger charge is -2.08. The van der Waals surface area contributed by atoms with E-state index in [1.54, 1.807) is 0 Å². The molecule has 2 aromatic heterocycles. The molecule has 0 aliphatic rings. The highest BCUT2D eigenvalue weighted by Crippen LogP contribution is 2.23. The number of anilines is 1. The lowest BCUT2D eigenvalue weighted by Crippen LogP contribution is -2.20. The topological polar surface area (TPSA) is 55.6 Å². The Morgan fingerprint density at radius 1 is 1.04 bits per heavy atom. The van der Waals surface area contributed by atoms with Gasteiger partial charge in [-0.3, -0.25) is 4.79 Å². The number of ether oxygens (including phenoxy) is 1. The maximum absolute atomic E-state index is 12.2. The average molecular weight is 371 g/mol. The Morgan fingerprint density at radius 2 is 1.86 bits per heavy atom. The summed E-state index contributed by atoms with van der Waals surface area (Å²) in [4.78, 5) is 16.9. The minimum atomic E-state index is -0.205. The molecule has 4 aromatic rings. The molecule has 0 bridgehead atoms. The Labute approximate surface area is 163 Å². The zero-order valence-electron chi connectivity index (χ0n) is 15.8. The highest BCUT2D eigenvalue weighted by molar-refractivity contribution is 5.92. The van der Waals surface area contributed by atoms with Crippen LogP contribution in [-0.4, -0.2) is 21.9 Å². The molecule has 4 rings (SSSR count). The molecular formula is C23H21N3O2. The number of fused-ring (bicyclic) bond motifs is 1. The van der Waals surface area contributed by atoms with Gasteiger partial charge in [0.25, 0.3) is 5.91 Å². The summed E-state index contributed by atoms with van der Waals surface area (Å²) in [7, 11) is 0. The van der Waals surface area contributed by atoms with Gasteiger partial charge in [0, 0.05) is 23.6 Å². The van der Waals surface area contributed by atoms with Crippen molar-refractivity contribution >= 4 is 17.2 Å². The number of amides is 1. The Balaban J connectivity index is 1.45. The van der Waals surface area contributed by atoms with Crippen LogP contribution in [0, 0.1) is 13.8 Å². The third kappa shape index (κ3) is 4.04. The van der Waals surface area contributed by atoms with Crippen LogP contribution >= 0.6 is 0 Å². The first kappa shape index (κ1) is 17.8. The van der Waals surface area contributed by atoms with Crippen LogP contribution in [-0.2, 0) is 4.79 Å². The van der Waals surface area contributed by atoms with Gasteiger partial charge in [-0.25, -0.2) is 4.98 Å². The van der Waals surface area contributed by atoms with E-state index in [4.69, 9.17) is 4.74 Å². The normalized spacial score (nSPS) is 10.8. The molecule has 0 unspecified atom stereocenters. The molecule has 0 fully saturated rings. The largest absolute Gasteiger partial charge is 0.484 e. The zero-order chi connectivity index (χ0) is 19.5. The lowest BCUT2D eigenvalue weighted by molar-refractivity contribution is -0.118. The van der Waals surface area contributed by atoms with Crippen LogP contribution < -0.4 is 10.1 Å². The Kier molecular flexibility index (Phi) is 4.81. The number of carbonyl (C=O) groups is 1. The molecule has 140 valence electrons. The standard InChI is InChI=1S/C23H21N3O2/c1-16-6-8-20(9-7-16)28-15-23(27)24-19-5-3-4-18(13-19)21-14-26-11-10-17(2)12-22(26)25-21/h3-14H,15H2,1-2H3,(H,24,27). The van der Waals surface area contributed by atoms with E-state index in [0.29, 0.717) is 11.4 Å². The number of hydrogen-bond donors (Lipinski definition) is 1. The maximum Gasteiger partial charge on any atom is 0.262 e. The quantitative estimate of drug-likeness (QED) is 0.556. The van der Waals surface area contributed by atoms with E-state index >= 15 is 0 Å². The third-order valence-electron chi connectivity index (χ3n) is 4.45. The number of nitrogens with one attached hydrogen (secondary N) is 1. The number of nitrogens with zero attached hydrogens (tertiary/aromatic N) is 2. The van der Waals surface area contributed by atoms with Crippen molar-refractivity contribution < 1.29 is 9.53 Å². The third-order valence-corrected chi connectivity index (χ3v) is 4.45. The van der Waals surface area contributed by atoms with Crippen molar-refractivity contribution in [2.24, 2.45) is 0 Å². The predicted molar refractivity (Wildman–Crippen MR) is 111 cm³/mol. The Hall–Kier alpha value is -3.60. The van der Waals surface area contributed by atoms with E-state index < -0.39 is 0 Å². The summed E-state index contributed by atoms with van der Waals surface area (Å²) >= 11 is 0. The summed E-state index contributed by atoms with van der Waals surface area (Å²) < 4.78 is 7.52. The highest BCUT2D eigenvalue weighted by Gasteiger charge is 2.08. The van der Waals surface area contributed by atoms with Crippen LogP contribution in [0.5, 0.6) is 5.75 Å². The van der Waals surface area contributed by atoms with Crippen LogP contribution in [0.1, 0.15) is 11.1 Å². The zero-order valence-corrected chi connectivity index (χ0v) is 15.8. The molecule has 2 aromatic carbocycles. The van der Waals surface area contributed by atoms with Crippen LogP contribution in [0.2, 0.25) is 0 Å². The minimum Gasteiger partial charge on any atom is -0.484 e. The second kappa shape index (κ2) is 7.56. The van der Waals surface area contributed by atoms with E-state index in [2.05, 4.69) is 10.3 Å². The van der Waals surface area contributed by atoms with Crippen molar-refractivity contribution in [1.82, 2.24) is 9.38 Å². The number of aryl methyl sites for hydroxylation is 2. The van der Waals surface area contributed by atoms with Gasteiger partial charge >= 0.3 is 0 Å². The Bertz CT molecular complexity index is 1130. The second-order valence-corrected chi connectivity index (χ2v) is 6.83. The molecular weight excluding hydrogens is 350 g/mol. The van der Waals surface area contributed by atoms with Gasteiger partial charge in [0.2, 0.25) is 0 Å². The number of pyridine rings is 1. The van der Waals surface area contributed by atoms with Gasteiger partial charge in [-0.05, 0) is 55.8 Å². The van der Waals surface area contributed by atoms with Gasteiger partial charge in [-0.15, -0.1) is 0 Å². The molecule has 0 atom stereocenters. The molecule has 0 radical (unpaired) electrons. The first-order chi connectivity index (χ1) is 13.6. The van der Waals surface area contributed by atoms with Crippen molar-refractivity contribution in [2.75, 3.05) is 11.9 Å². The fraction of sp³-hybridized carbons (Fsp3) is 0.130. The smallest absolute Gasteiger partial charge is 0.262 e. The maximum atomic E-state index is 12.2. The van der Waals surface area contributed by atoms with E-state index in [9.17, 15) is 4.79 Å². The van der Waals surface area contributed by atoms with Crippen molar-refractivity contribution in [2.45, 2.75) is 13.8 Å². The van der Waals surface area contributed by atoms with E-state index in [0.717, 1.165) is 22.5 Å². The summed E-state index contributed by atoms with van der Waals surface area (Å²) in [5.41, 5.74) is 5.73. The lowest BCUT2D eigenvalue weighted by atomic mass is 10.1. The molecule has 5 nitrogen and oxygen atoms in total. The number of benzene rings is 2. The molecule has 5 heteroatoms. The predicted octanol–water partition coefficient (Wildman–Crippen LogP) is 4.64. The molecule has 1 amide bonds. The molecule has 28 heavy (non-hydrogen) atoms. The van der Waals surface area contributed by atoms with Crippen LogP contribution in [0.15, 0.2) is 73.1 Å². The number of imidazole rings is 1. The fourth-order valence-corrected chi connectivity index (χ4v) is 2.96. The summed E-state index contributed by atoms with van der Waals surface area (Å²) in [6.07, 6.45) is 3.98. The van der Waals surface area contributed by atoms with E-state index in [1.807, 2.05) is 91.3 Å². The highest BCUT2D eigenvalue weighted by atomic mass is 16.5. The monoisotopic (exact) mass is 371 g/mol. The first-order valence-corrected chi connectivity index (χ1v) is 9.12. The molecule has 0 spiro atoms. The number of hydrogen-bond acceptors (Lipinski definition) is 3. The average Bonchev–Trinajstić information content (AvgIpc) is 3.11. The number of carbonyl (C=O) groups excluding carboxylic acids is 1. The minimum absolute atomic E-state index is 0.0407. The van der Waals surface area contributed by atoms with E-state index in [-0.39, 0.29) is 12.5 Å².